The largest absolute Gasteiger partial charge is 0.357 e. The molecule has 0 aliphatic heterocycles. The van der Waals surface area contributed by atoms with Gasteiger partial charge in [-0.05, 0) is 17.8 Å². The zero-order chi connectivity index (χ0) is 12.5. The van der Waals surface area contributed by atoms with E-state index in [0.717, 1.165) is 5.56 Å². The summed E-state index contributed by atoms with van der Waals surface area (Å²) in [6.07, 6.45) is -0.200. The molecule has 5 nitrogen and oxygen atoms in total. The van der Waals surface area contributed by atoms with E-state index >= 15 is 0 Å². The molecule has 0 bridgehead atoms. The molecular weight excluding hydrogens is 236 g/mol. The molecule has 0 aromatic heterocycles. The lowest BCUT2D eigenvalue weighted by Gasteiger charge is -2.10. The highest BCUT2D eigenvalue weighted by molar-refractivity contribution is 7.80. The molecule has 1 aromatic carbocycles. The van der Waals surface area contributed by atoms with Crippen LogP contribution in [-0.4, -0.2) is 11.0 Å². The first-order valence-corrected chi connectivity index (χ1v) is 5.37. The van der Waals surface area contributed by atoms with Crippen LogP contribution >= 0.6 is 12.2 Å². The highest BCUT2D eigenvalue weighted by Gasteiger charge is 2.00. The Morgan fingerprint density at radius 3 is 2.65 bits per heavy atom. The molecule has 0 radical (unpaired) electrons. The smallest absolute Gasteiger partial charge is 0.252 e. The summed E-state index contributed by atoms with van der Waals surface area (Å²) in [6.45, 7) is 0.570. The molecule has 3 N–H and O–H groups in total. The van der Waals surface area contributed by atoms with Gasteiger partial charge in [0.1, 0.15) is 6.42 Å². The second kappa shape index (κ2) is 7.19. The molecule has 0 spiro atoms. The van der Waals surface area contributed by atoms with E-state index in [2.05, 4.69) is 16.2 Å². The average molecular weight is 248 g/mol. The van der Waals surface area contributed by atoms with Crippen LogP contribution in [0.4, 0.5) is 0 Å². The van der Waals surface area contributed by atoms with Crippen LogP contribution in [0.1, 0.15) is 12.0 Å². The number of hydrogen-bond donors (Lipinski definition) is 3. The van der Waals surface area contributed by atoms with E-state index in [-0.39, 0.29) is 6.42 Å². The number of nitrogens with one attached hydrogen (secondary N) is 3. The zero-order valence-electron chi connectivity index (χ0n) is 9.06. The van der Waals surface area contributed by atoms with Crippen molar-refractivity contribution >= 4 is 23.2 Å². The van der Waals surface area contributed by atoms with Crippen LogP contribution in [0, 0.1) is 11.3 Å². The first-order valence-electron chi connectivity index (χ1n) is 4.96. The Morgan fingerprint density at radius 2 is 2.00 bits per heavy atom. The number of benzene rings is 1. The topological polar surface area (TPSA) is 77.0 Å². The molecular formula is C11H12N4OS. The number of carbonyl (C=O) groups is 1. The van der Waals surface area contributed by atoms with Crippen molar-refractivity contribution in [2.24, 2.45) is 0 Å². The van der Waals surface area contributed by atoms with Crippen LogP contribution < -0.4 is 16.2 Å². The number of amides is 1. The van der Waals surface area contributed by atoms with Crippen LogP contribution in [-0.2, 0) is 11.3 Å². The quantitative estimate of drug-likeness (QED) is 0.539. The Hall–Kier alpha value is -2.13. The molecule has 0 heterocycles. The van der Waals surface area contributed by atoms with Crippen molar-refractivity contribution in [3.8, 4) is 6.07 Å². The van der Waals surface area contributed by atoms with Crippen molar-refractivity contribution in [2.75, 3.05) is 0 Å². The van der Waals surface area contributed by atoms with E-state index in [0.29, 0.717) is 11.7 Å². The van der Waals surface area contributed by atoms with Crippen molar-refractivity contribution < 1.29 is 4.79 Å². The Balaban J connectivity index is 2.22. The Kier molecular flexibility index (Phi) is 5.47. The maximum atomic E-state index is 10.9. The van der Waals surface area contributed by atoms with Gasteiger partial charge in [-0.2, -0.15) is 5.26 Å². The van der Waals surface area contributed by atoms with Crippen LogP contribution in [0.3, 0.4) is 0 Å². The van der Waals surface area contributed by atoms with Gasteiger partial charge in [-0.25, -0.2) is 0 Å². The van der Waals surface area contributed by atoms with Gasteiger partial charge in [-0.15, -0.1) is 0 Å². The summed E-state index contributed by atoms with van der Waals surface area (Å²) in [5, 5.41) is 11.5. The molecule has 1 rings (SSSR count). The van der Waals surface area contributed by atoms with Gasteiger partial charge < -0.3 is 5.32 Å². The summed E-state index contributed by atoms with van der Waals surface area (Å²) in [7, 11) is 0. The van der Waals surface area contributed by atoms with E-state index in [9.17, 15) is 4.79 Å². The Morgan fingerprint density at radius 1 is 1.29 bits per heavy atom. The van der Waals surface area contributed by atoms with Crippen molar-refractivity contribution in [2.45, 2.75) is 13.0 Å². The van der Waals surface area contributed by atoms with Crippen molar-refractivity contribution in [1.82, 2.24) is 16.2 Å². The summed E-state index contributed by atoms with van der Waals surface area (Å²) in [4.78, 5) is 10.9. The minimum Gasteiger partial charge on any atom is -0.357 e. The van der Waals surface area contributed by atoms with Crippen LogP contribution in [0.2, 0.25) is 0 Å². The van der Waals surface area contributed by atoms with Crippen molar-refractivity contribution in [3.63, 3.8) is 0 Å². The highest BCUT2D eigenvalue weighted by atomic mass is 32.1. The molecule has 0 aliphatic rings. The standard InChI is InChI=1S/C11H12N4OS/c12-7-6-10(16)14-15-11(17)13-8-9-4-2-1-3-5-9/h1-5H,6,8H2,(H,14,16)(H2,13,15,17). The number of hydrogen-bond acceptors (Lipinski definition) is 3. The number of nitriles is 1. The van der Waals surface area contributed by atoms with Gasteiger partial charge in [0.25, 0.3) is 5.91 Å². The van der Waals surface area contributed by atoms with E-state index in [1.807, 2.05) is 30.3 Å². The van der Waals surface area contributed by atoms with Gasteiger partial charge in [0.05, 0.1) is 6.07 Å². The SMILES string of the molecule is N#CCC(=O)NNC(=S)NCc1ccccc1. The number of hydrazine groups is 1. The summed E-state index contributed by atoms with van der Waals surface area (Å²) in [6, 6.07) is 11.5. The molecule has 0 saturated heterocycles. The van der Waals surface area contributed by atoms with E-state index < -0.39 is 5.91 Å². The second-order valence-corrected chi connectivity index (χ2v) is 3.58. The maximum Gasteiger partial charge on any atom is 0.252 e. The van der Waals surface area contributed by atoms with E-state index in [1.165, 1.54) is 0 Å². The second-order valence-electron chi connectivity index (χ2n) is 3.18. The monoisotopic (exact) mass is 248 g/mol. The fourth-order valence-corrected chi connectivity index (χ4v) is 1.19. The number of thiocarbonyl (C=S) groups is 1. The van der Waals surface area contributed by atoms with Crippen LogP contribution in [0.5, 0.6) is 0 Å². The third-order valence-corrected chi connectivity index (χ3v) is 2.10. The number of rotatable bonds is 3. The minimum absolute atomic E-state index is 0.200. The maximum absolute atomic E-state index is 10.9. The lowest BCUT2D eigenvalue weighted by atomic mass is 10.2. The third-order valence-electron chi connectivity index (χ3n) is 1.85. The summed E-state index contributed by atoms with van der Waals surface area (Å²) < 4.78 is 0. The van der Waals surface area contributed by atoms with Gasteiger partial charge in [-0.3, -0.25) is 15.6 Å². The van der Waals surface area contributed by atoms with Crippen molar-refractivity contribution in [3.05, 3.63) is 35.9 Å². The summed E-state index contributed by atoms with van der Waals surface area (Å²) in [5.74, 6) is -0.420. The van der Waals surface area contributed by atoms with Gasteiger partial charge in [0.2, 0.25) is 0 Å². The van der Waals surface area contributed by atoms with Gasteiger partial charge in [0, 0.05) is 6.54 Å². The Labute approximate surface area is 105 Å². The summed E-state index contributed by atoms with van der Waals surface area (Å²) in [5.41, 5.74) is 5.89. The fraction of sp³-hybridized carbons (Fsp3) is 0.182. The molecule has 17 heavy (non-hydrogen) atoms. The predicted octanol–water partition coefficient (Wildman–Crippen LogP) is 0.596. The molecule has 1 aromatic rings. The van der Waals surface area contributed by atoms with E-state index in [1.54, 1.807) is 6.07 Å². The first-order chi connectivity index (χ1) is 8.22. The normalized spacial score (nSPS) is 8.88. The molecule has 0 aliphatic carbocycles. The number of carbonyl (C=O) groups excluding carboxylic acids is 1. The molecule has 88 valence electrons. The molecule has 0 atom stereocenters. The van der Waals surface area contributed by atoms with Crippen LogP contribution in [0.15, 0.2) is 30.3 Å². The van der Waals surface area contributed by atoms with Gasteiger partial charge in [-0.1, -0.05) is 30.3 Å². The number of nitrogens with zero attached hydrogens (tertiary/aromatic N) is 1. The molecule has 1 amide bonds. The first kappa shape index (κ1) is 12.9. The Bertz CT molecular complexity index is 427. The van der Waals surface area contributed by atoms with Crippen molar-refractivity contribution in [1.29, 1.82) is 5.26 Å². The fourth-order valence-electron chi connectivity index (χ4n) is 1.06. The molecule has 0 saturated carbocycles. The molecule has 0 unspecified atom stereocenters. The van der Waals surface area contributed by atoms with Gasteiger partial charge in [0.15, 0.2) is 5.11 Å². The molecule has 6 heteroatoms. The third kappa shape index (κ3) is 5.49. The highest BCUT2D eigenvalue weighted by Crippen LogP contribution is 1.96. The predicted molar refractivity (Wildman–Crippen MR) is 67.4 cm³/mol. The van der Waals surface area contributed by atoms with Gasteiger partial charge >= 0.3 is 0 Å². The zero-order valence-corrected chi connectivity index (χ0v) is 9.88. The lowest BCUT2D eigenvalue weighted by molar-refractivity contribution is -0.120. The molecule has 0 fully saturated rings. The average Bonchev–Trinajstić information content (AvgIpc) is 2.35. The van der Waals surface area contributed by atoms with Crippen LogP contribution in [0.25, 0.3) is 0 Å². The summed E-state index contributed by atoms with van der Waals surface area (Å²) >= 11 is 4.94. The van der Waals surface area contributed by atoms with E-state index in [4.69, 9.17) is 17.5 Å². The minimum atomic E-state index is -0.420. The lowest BCUT2D eigenvalue weighted by Crippen LogP contribution is -2.46.